The molecular weight excluding hydrogens is 412 g/mol. The maximum Gasteiger partial charge on any atom is 0.244 e. The Morgan fingerprint density at radius 1 is 0.867 bits per heavy atom. The monoisotopic (exact) mass is 430 g/mol. The van der Waals surface area contributed by atoms with Crippen molar-refractivity contribution >= 4 is 46.3 Å². The zero-order valence-electron chi connectivity index (χ0n) is 16.1. The molecule has 0 aliphatic rings. The molecule has 0 bridgehead atoms. The minimum absolute atomic E-state index is 0.141. The van der Waals surface area contributed by atoms with E-state index in [0.717, 1.165) is 36.7 Å². The van der Waals surface area contributed by atoms with Crippen LogP contribution in [0.4, 0.5) is 0 Å². The average molecular weight is 431 g/mol. The summed E-state index contributed by atoms with van der Waals surface area (Å²) in [5.74, 6) is -0.141. The van der Waals surface area contributed by atoms with Crippen LogP contribution >= 0.6 is 23.4 Å². The van der Waals surface area contributed by atoms with Crippen molar-refractivity contribution in [1.82, 2.24) is 5.43 Å². The van der Waals surface area contributed by atoms with E-state index >= 15 is 0 Å². The molecule has 4 aromatic carbocycles. The first-order chi connectivity index (χ1) is 14.7. The van der Waals surface area contributed by atoms with E-state index in [2.05, 4.69) is 10.5 Å². The lowest BCUT2D eigenvalue weighted by atomic mass is 10.0. The van der Waals surface area contributed by atoms with Crippen LogP contribution in [0.2, 0.25) is 5.02 Å². The highest BCUT2D eigenvalue weighted by Crippen LogP contribution is 2.28. The number of carbonyl (C=O) groups is 1. The van der Waals surface area contributed by atoms with Gasteiger partial charge in [-0.1, -0.05) is 78.0 Å². The van der Waals surface area contributed by atoms with Crippen LogP contribution in [0.25, 0.3) is 10.8 Å². The SMILES string of the molecule is O=C(Cc1cccc2ccccc12)N/N=C\c1ccc(Sc2ccc(Cl)cc2)cc1. The summed E-state index contributed by atoms with van der Waals surface area (Å²) in [7, 11) is 0. The summed E-state index contributed by atoms with van der Waals surface area (Å²) in [6.45, 7) is 0. The van der Waals surface area contributed by atoms with Gasteiger partial charge in [0.25, 0.3) is 0 Å². The predicted molar refractivity (Wildman–Crippen MR) is 125 cm³/mol. The summed E-state index contributed by atoms with van der Waals surface area (Å²) in [4.78, 5) is 14.5. The van der Waals surface area contributed by atoms with Gasteiger partial charge in [0.1, 0.15) is 0 Å². The van der Waals surface area contributed by atoms with Gasteiger partial charge in [-0.05, 0) is 58.3 Å². The Labute approximate surface area is 184 Å². The lowest BCUT2D eigenvalue weighted by Crippen LogP contribution is -2.19. The van der Waals surface area contributed by atoms with Crippen molar-refractivity contribution in [3.63, 3.8) is 0 Å². The molecule has 0 fully saturated rings. The number of rotatable bonds is 6. The highest BCUT2D eigenvalue weighted by Gasteiger charge is 2.06. The van der Waals surface area contributed by atoms with Crippen molar-refractivity contribution < 1.29 is 4.79 Å². The standard InChI is InChI=1S/C25H19ClN2OS/c26-21-10-14-23(15-11-21)30-22-12-8-18(9-13-22)17-27-28-25(29)16-20-6-3-5-19-4-1-2-7-24(19)20/h1-15,17H,16H2,(H,28,29)/b27-17-. The van der Waals surface area contributed by atoms with E-state index in [1.165, 1.54) is 0 Å². The molecule has 0 saturated heterocycles. The molecule has 0 unspecified atom stereocenters. The molecule has 0 spiro atoms. The third-order valence-electron chi connectivity index (χ3n) is 4.56. The van der Waals surface area contributed by atoms with Gasteiger partial charge in [0.05, 0.1) is 12.6 Å². The van der Waals surface area contributed by atoms with Crippen molar-refractivity contribution in [3.8, 4) is 0 Å². The van der Waals surface area contributed by atoms with Crippen molar-refractivity contribution in [2.45, 2.75) is 16.2 Å². The molecule has 0 heterocycles. The van der Waals surface area contributed by atoms with Gasteiger partial charge < -0.3 is 0 Å². The summed E-state index contributed by atoms with van der Waals surface area (Å²) >= 11 is 7.59. The van der Waals surface area contributed by atoms with Gasteiger partial charge in [-0.3, -0.25) is 4.79 Å². The van der Waals surface area contributed by atoms with Crippen LogP contribution in [0, 0.1) is 0 Å². The molecule has 3 nitrogen and oxygen atoms in total. The normalized spacial score (nSPS) is 11.1. The molecule has 30 heavy (non-hydrogen) atoms. The van der Waals surface area contributed by atoms with E-state index in [4.69, 9.17) is 11.6 Å². The number of benzene rings is 4. The number of hydrogen-bond acceptors (Lipinski definition) is 3. The number of nitrogens with zero attached hydrogens (tertiary/aromatic N) is 1. The zero-order chi connectivity index (χ0) is 20.8. The van der Waals surface area contributed by atoms with E-state index < -0.39 is 0 Å². The van der Waals surface area contributed by atoms with Crippen molar-refractivity contribution in [2.75, 3.05) is 0 Å². The Morgan fingerprint density at radius 2 is 1.53 bits per heavy atom. The van der Waals surface area contributed by atoms with Crippen LogP contribution in [0.3, 0.4) is 0 Å². The van der Waals surface area contributed by atoms with Crippen LogP contribution in [0.1, 0.15) is 11.1 Å². The molecule has 4 rings (SSSR count). The average Bonchev–Trinajstić information content (AvgIpc) is 2.77. The molecule has 1 amide bonds. The van der Waals surface area contributed by atoms with Crippen LogP contribution in [-0.4, -0.2) is 12.1 Å². The number of amides is 1. The summed E-state index contributed by atoms with van der Waals surface area (Å²) in [6, 6.07) is 29.8. The van der Waals surface area contributed by atoms with Gasteiger partial charge in [-0.15, -0.1) is 0 Å². The number of fused-ring (bicyclic) bond motifs is 1. The molecule has 0 aliphatic heterocycles. The topological polar surface area (TPSA) is 41.5 Å². The second kappa shape index (κ2) is 9.61. The van der Waals surface area contributed by atoms with Crippen LogP contribution < -0.4 is 5.43 Å². The van der Waals surface area contributed by atoms with Crippen LogP contribution in [-0.2, 0) is 11.2 Å². The number of nitrogens with one attached hydrogen (secondary N) is 1. The lowest BCUT2D eigenvalue weighted by Gasteiger charge is -2.05. The van der Waals surface area contributed by atoms with E-state index in [1.807, 2.05) is 91.0 Å². The molecular formula is C25H19ClN2OS. The second-order valence-electron chi connectivity index (χ2n) is 6.73. The lowest BCUT2D eigenvalue weighted by molar-refractivity contribution is -0.120. The van der Waals surface area contributed by atoms with Crippen molar-refractivity contribution in [1.29, 1.82) is 0 Å². The molecule has 0 saturated carbocycles. The van der Waals surface area contributed by atoms with Crippen molar-refractivity contribution in [2.24, 2.45) is 5.10 Å². The molecule has 0 radical (unpaired) electrons. The summed E-state index contributed by atoms with van der Waals surface area (Å²) in [5, 5.41) is 7.04. The quantitative estimate of drug-likeness (QED) is 0.286. The summed E-state index contributed by atoms with van der Waals surface area (Å²) < 4.78 is 0. The third kappa shape index (κ3) is 5.29. The van der Waals surface area contributed by atoms with Gasteiger partial charge in [0, 0.05) is 14.8 Å². The summed E-state index contributed by atoms with van der Waals surface area (Å²) in [6.07, 6.45) is 1.94. The Balaban J connectivity index is 1.33. The molecule has 5 heteroatoms. The third-order valence-corrected chi connectivity index (χ3v) is 5.83. The Morgan fingerprint density at radius 3 is 2.30 bits per heavy atom. The largest absolute Gasteiger partial charge is 0.273 e. The maximum atomic E-state index is 12.3. The molecule has 148 valence electrons. The number of halogens is 1. The predicted octanol–water partition coefficient (Wildman–Crippen LogP) is 6.34. The number of hydrogen-bond donors (Lipinski definition) is 1. The van der Waals surface area contributed by atoms with E-state index in [1.54, 1.807) is 18.0 Å². The first-order valence-electron chi connectivity index (χ1n) is 9.49. The maximum absolute atomic E-state index is 12.3. The van der Waals surface area contributed by atoms with Crippen LogP contribution in [0.5, 0.6) is 0 Å². The van der Waals surface area contributed by atoms with E-state index in [0.29, 0.717) is 0 Å². The van der Waals surface area contributed by atoms with Crippen LogP contribution in [0.15, 0.2) is 106 Å². The smallest absolute Gasteiger partial charge is 0.244 e. The van der Waals surface area contributed by atoms with E-state index in [-0.39, 0.29) is 12.3 Å². The van der Waals surface area contributed by atoms with Gasteiger partial charge in [-0.25, -0.2) is 5.43 Å². The minimum Gasteiger partial charge on any atom is -0.273 e. The highest BCUT2D eigenvalue weighted by atomic mass is 35.5. The first-order valence-corrected chi connectivity index (χ1v) is 10.7. The van der Waals surface area contributed by atoms with Gasteiger partial charge in [0.15, 0.2) is 0 Å². The second-order valence-corrected chi connectivity index (χ2v) is 8.32. The molecule has 0 aromatic heterocycles. The fraction of sp³-hybridized carbons (Fsp3) is 0.0400. The molecule has 0 aliphatic carbocycles. The van der Waals surface area contributed by atoms with Gasteiger partial charge in [0.2, 0.25) is 5.91 Å². The fourth-order valence-corrected chi connectivity index (χ4v) is 4.04. The number of carbonyl (C=O) groups excluding carboxylic acids is 1. The Bertz CT molecular complexity index is 1180. The molecule has 0 atom stereocenters. The Kier molecular flexibility index (Phi) is 6.47. The van der Waals surface area contributed by atoms with Crippen molar-refractivity contribution in [3.05, 3.63) is 107 Å². The minimum atomic E-state index is -0.141. The van der Waals surface area contributed by atoms with E-state index in [9.17, 15) is 4.79 Å². The molecule has 1 N–H and O–H groups in total. The van der Waals surface area contributed by atoms with Gasteiger partial charge >= 0.3 is 0 Å². The molecule has 4 aromatic rings. The Hall–Kier alpha value is -3.08. The highest BCUT2D eigenvalue weighted by molar-refractivity contribution is 7.99. The van der Waals surface area contributed by atoms with Gasteiger partial charge in [-0.2, -0.15) is 5.10 Å². The number of hydrazone groups is 1. The first kappa shape index (κ1) is 20.2. The fourth-order valence-electron chi connectivity index (χ4n) is 3.10. The summed E-state index contributed by atoms with van der Waals surface area (Å²) in [5.41, 5.74) is 4.52. The zero-order valence-corrected chi connectivity index (χ0v) is 17.7.